The fraction of sp³-hybridized carbons (Fsp3) is 0.355. The van der Waals surface area contributed by atoms with Gasteiger partial charge < -0.3 is 44.5 Å². The maximum Gasteiger partial charge on any atom is 0.329 e. The number of aliphatic carboxylic acids is 2. The van der Waals surface area contributed by atoms with Gasteiger partial charge in [-0.25, -0.2) is 32.3 Å². The molecule has 0 radical (unpaired) electrons. The number of aromatic nitrogens is 2. The molecule has 0 atom stereocenters. The molecule has 1 heterocycles. The molecule has 276 valence electrons. The lowest BCUT2D eigenvalue weighted by atomic mass is 10.1. The fourth-order valence-electron chi connectivity index (χ4n) is 3.83. The summed E-state index contributed by atoms with van der Waals surface area (Å²) in [5, 5.41) is 22.5. The molecule has 3 aromatic rings. The lowest BCUT2D eigenvalue weighted by Gasteiger charge is -2.10. The third kappa shape index (κ3) is 15.4. The number of nitrogens with zero attached hydrogens (tertiary/aromatic N) is 2. The highest BCUT2D eigenvalue weighted by molar-refractivity contribution is 7.92. The Balaban J connectivity index is 1.29. The Morgan fingerprint density at radius 1 is 0.725 bits per heavy atom. The summed E-state index contributed by atoms with van der Waals surface area (Å²) < 4.78 is 67.8. The molecular weight excluding hydrogens is 701 g/mol. The van der Waals surface area contributed by atoms with Crippen molar-refractivity contribution in [3.05, 3.63) is 71.8 Å². The summed E-state index contributed by atoms with van der Waals surface area (Å²) in [6.07, 6.45) is 1.75. The Morgan fingerprint density at radius 3 is 1.94 bits per heavy atom. The van der Waals surface area contributed by atoms with E-state index in [4.69, 9.17) is 33.9 Å². The molecule has 0 saturated carbocycles. The van der Waals surface area contributed by atoms with Gasteiger partial charge >= 0.3 is 11.9 Å². The highest BCUT2D eigenvalue weighted by Crippen LogP contribution is 2.25. The third-order valence-electron chi connectivity index (χ3n) is 6.17. The molecule has 0 aliphatic heterocycles. The van der Waals surface area contributed by atoms with E-state index >= 15 is 0 Å². The van der Waals surface area contributed by atoms with E-state index in [0.717, 1.165) is 18.5 Å². The first-order valence-corrected chi connectivity index (χ1v) is 16.6. The van der Waals surface area contributed by atoms with Crippen molar-refractivity contribution in [2.24, 2.45) is 0 Å². The second-order valence-electron chi connectivity index (χ2n) is 10.1. The zero-order valence-electron chi connectivity index (χ0n) is 27.0. The molecule has 0 aliphatic carbocycles. The summed E-state index contributed by atoms with van der Waals surface area (Å²) in [6, 6.07) is 8.83. The number of hydrogen-bond acceptors (Lipinski definition) is 13. The van der Waals surface area contributed by atoms with Crippen LogP contribution in [0.5, 0.6) is 11.5 Å². The first-order valence-electron chi connectivity index (χ1n) is 15.1. The Hall–Kier alpha value is -5.28. The SMILES string of the molecule is O=C(O)COCCOCCNC(=O)COCCOCCNC(=O)c1cnc(NS(=O)(=O)c2ccc(Oc3ccc(F)c(CC(=O)O)c3)cc2)nc1. The number of carboxylic acids is 2. The van der Waals surface area contributed by atoms with Gasteiger partial charge in [0.2, 0.25) is 11.9 Å². The molecule has 0 saturated heterocycles. The Bertz CT molecular complexity index is 1710. The van der Waals surface area contributed by atoms with Crippen LogP contribution in [0.2, 0.25) is 0 Å². The van der Waals surface area contributed by atoms with Crippen LogP contribution in [-0.2, 0) is 49.8 Å². The van der Waals surface area contributed by atoms with Crippen LogP contribution < -0.4 is 20.1 Å². The van der Waals surface area contributed by atoms with E-state index in [1.165, 1.54) is 36.4 Å². The molecule has 0 unspecified atom stereocenters. The van der Waals surface area contributed by atoms with Gasteiger partial charge in [-0.15, -0.1) is 0 Å². The van der Waals surface area contributed by atoms with Gasteiger partial charge in [0.1, 0.15) is 30.5 Å². The molecule has 0 aliphatic rings. The van der Waals surface area contributed by atoms with Crippen LogP contribution in [0.25, 0.3) is 0 Å². The van der Waals surface area contributed by atoms with Crippen LogP contribution in [-0.4, -0.2) is 118 Å². The smallest absolute Gasteiger partial charge is 0.329 e. The first-order chi connectivity index (χ1) is 24.4. The van der Waals surface area contributed by atoms with Crippen molar-refractivity contribution in [3.8, 4) is 11.5 Å². The van der Waals surface area contributed by atoms with Gasteiger partial charge in [-0.05, 0) is 42.5 Å². The molecule has 0 fully saturated rings. The highest BCUT2D eigenvalue weighted by Gasteiger charge is 2.17. The summed E-state index contributed by atoms with van der Waals surface area (Å²) in [7, 11) is -4.12. The molecule has 0 bridgehead atoms. The summed E-state index contributed by atoms with van der Waals surface area (Å²) >= 11 is 0. The minimum Gasteiger partial charge on any atom is -0.481 e. The van der Waals surface area contributed by atoms with Crippen LogP contribution in [0.15, 0.2) is 59.8 Å². The Kier molecular flexibility index (Phi) is 16.6. The number of benzene rings is 2. The van der Waals surface area contributed by atoms with Crippen LogP contribution in [0.4, 0.5) is 10.3 Å². The van der Waals surface area contributed by atoms with Crippen molar-refractivity contribution >= 4 is 39.7 Å². The van der Waals surface area contributed by atoms with E-state index in [-0.39, 0.29) is 98.7 Å². The monoisotopic (exact) mass is 737 g/mol. The molecule has 51 heavy (non-hydrogen) atoms. The van der Waals surface area contributed by atoms with E-state index in [9.17, 15) is 32.0 Å². The Morgan fingerprint density at radius 2 is 1.31 bits per heavy atom. The van der Waals surface area contributed by atoms with Gasteiger partial charge in [0.05, 0.1) is 56.5 Å². The predicted octanol–water partition coefficient (Wildman–Crippen LogP) is 0.833. The minimum atomic E-state index is -4.12. The van der Waals surface area contributed by atoms with E-state index in [1.807, 2.05) is 0 Å². The van der Waals surface area contributed by atoms with Crippen molar-refractivity contribution in [3.63, 3.8) is 0 Å². The maximum absolute atomic E-state index is 13.8. The molecule has 20 heteroatoms. The molecule has 0 spiro atoms. The molecule has 5 N–H and O–H groups in total. The van der Waals surface area contributed by atoms with Gasteiger partial charge in [-0.3, -0.25) is 14.4 Å². The molecule has 18 nitrogen and oxygen atoms in total. The topological polar surface area (TPSA) is 251 Å². The van der Waals surface area contributed by atoms with E-state index in [2.05, 4.69) is 25.3 Å². The van der Waals surface area contributed by atoms with Crippen molar-refractivity contribution in [2.75, 3.05) is 70.7 Å². The van der Waals surface area contributed by atoms with Crippen molar-refractivity contribution in [2.45, 2.75) is 11.3 Å². The average molecular weight is 738 g/mol. The average Bonchev–Trinajstić information content (AvgIpc) is 3.08. The quantitative estimate of drug-likeness (QED) is 0.0799. The second kappa shape index (κ2) is 21.1. The van der Waals surface area contributed by atoms with Gasteiger partial charge in [-0.1, -0.05) is 0 Å². The normalized spacial score (nSPS) is 11.1. The minimum absolute atomic E-state index is 0.0676. The zero-order valence-corrected chi connectivity index (χ0v) is 27.9. The third-order valence-corrected chi connectivity index (χ3v) is 7.52. The van der Waals surface area contributed by atoms with E-state index < -0.39 is 46.7 Å². The number of sulfonamides is 1. The van der Waals surface area contributed by atoms with Gasteiger partial charge in [0.25, 0.3) is 15.9 Å². The van der Waals surface area contributed by atoms with Crippen LogP contribution >= 0.6 is 0 Å². The number of carbonyl (C=O) groups is 4. The number of rotatable bonds is 24. The largest absolute Gasteiger partial charge is 0.481 e. The standard InChI is InChI=1S/C31H36FN5O13S/c32-26-6-3-24(15-21(26)16-28(39)40)50-23-1-4-25(5-2-23)51(44,45)37-31-35-17-22(18-36-31)30(43)34-8-10-47-11-13-48-19-27(38)33-7-9-46-12-14-49-20-29(41)42/h1-6,15,17-18H,7-14,16,19-20H2,(H,33,38)(H,34,43)(H,39,40)(H,41,42)(H,35,36,37). The zero-order chi connectivity index (χ0) is 37.1. The number of carboxylic acid groups (broad SMARTS) is 2. The van der Waals surface area contributed by atoms with Gasteiger partial charge in [0.15, 0.2) is 0 Å². The fourth-order valence-corrected chi connectivity index (χ4v) is 4.79. The summed E-state index contributed by atoms with van der Waals surface area (Å²) in [6.45, 7) is 0.793. The van der Waals surface area contributed by atoms with E-state index in [0.29, 0.717) is 0 Å². The summed E-state index contributed by atoms with van der Waals surface area (Å²) in [5.41, 5.74) is -0.000249. The molecular formula is C31H36FN5O13S. The first kappa shape index (κ1) is 40.2. The molecule has 2 aromatic carbocycles. The number of nitrogens with one attached hydrogen (secondary N) is 3. The van der Waals surface area contributed by atoms with Crippen molar-refractivity contribution in [1.82, 2.24) is 20.6 Å². The lowest BCUT2D eigenvalue weighted by molar-refractivity contribution is -0.142. The molecule has 3 rings (SSSR count). The number of ether oxygens (including phenoxy) is 5. The van der Waals surface area contributed by atoms with Gasteiger partial charge in [0, 0.05) is 31.0 Å². The van der Waals surface area contributed by atoms with Crippen molar-refractivity contribution < 1.29 is 65.9 Å². The summed E-state index contributed by atoms with van der Waals surface area (Å²) in [5.74, 6) is -3.75. The molecule has 1 aromatic heterocycles. The van der Waals surface area contributed by atoms with Crippen LogP contribution in [0.1, 0.15) is 15.9 Å². The number of halogens is 1. The maximum atomic E-state index is 13.8. The number of carbonyl (C=O) groups excluding carboxylic acids is 2. The van der Waals surface area contributed by atoms with Gasteiger partial charge in [-0.2, -0.15) is 0 Å². The second-order valence-corrected chi connectivity index (χ2v) is 11.8. The van der Waals surface area contributed by atoms with Crippen LogP contribution in [0.3, 0.4) is 0 Å². The predicted molar refractivity (Wildman–Crippen MR) is 173 cm³/mol. The van der Waals surface area contributed by atoms with E-state index in [1.54, 1.807) is 0 Å². The summed E-state index contributed by atoms with van der Waals surface area (Å²) in [4.78, 5) is 52.9. The number of hydrogen-bond donors (Lipinski definition) is 5. The van der Waals surface area contributed by atoms with Crippen molar-refractivity contribution in [1.29, 1.82) is 0 Å². The number of anilines is 1. The van der Waals surface area contributed by atoms with Crippen LogP contribution in [0, 0.1) is 5.82 Å². The molecule has 2 amide bonds. The number of amides is 2. The lowest BCUT2D eigenvalue weighted by Crippen LogP contribution is -2.31. The Labute approximate surface area is 291 Å². The highest BCUT2D eigenvalue weighted by atomic mass is 32.2.